The minimum absolute atomic E-state index is 0.149. The number of pyridine rings is 1. The van der Waals surface area contributed by atoms with Gasteiger partial charge in [-0.25, -0.2) is 0 Å². The van der Waals surface area contributed by atoms with E-state index >= 15 is 0 Å². The smallest absolute Gasteiger partial charge is 0.0588 e. The molecule has 4 heteroatoms. The third-order valence-corrected chi connectivity index (χ3v) is 4.25. The molecule has 0 aliphatic rings. The maximum absolute atomic E-state index is 5.99. The number of hydrogen-bond donors (Lipinski definition) is 1. The third kappa shape index (κ3) is 3.70. The van der Waals surface area contributed by atoms with E-state index in [0.29, 0.717) is 0 Å². The summed E-state index contributed by atoms with van der Waals surface area (Å²) in [4.78, 5) is 4.36. The van der Waals surface area contributed by atoms with E-state index < -0.39 is 0 Å². The molecule has 0 unspecified atom stereocenters. The first-order chi connectivity index (χ1) is 10.3. The van der Waals surface area contributed by atoms with Crippen molar-refractivity contribution in [2.24, 2.45) is 0 Å². The summed E-state index contributed by atoms with van der Waals surface area (Å²) in [5.74, 6) is 0. The van der Waals surface area contributed by atoms with Crippen LogP contribution in [0.3, 0.4) is 0 Å². The van der Waals surface area contributed by atoms with Crippen molar-refractivity contribution in [1.29, 1.82) is 0 Å². The molecule has 2 heterocycles. The van der Waals surface area contributed by atoms with Crippen LogP contribution in [0.2, 0.25) is 5.02 Å². The van der Waals surface area contributed by atoms with Gasteiger partial charge >= 0.3 is 0 Å². The second kappa shape index (κ2) is 6.85. The van der Waals surface area contributed by atoms with E-state index in [1.807, 2.05) is 36.5 Å². The van der Waals surface area contributed by atoms with E-state index in [-0.39, 0.29) is 6.04 Å². The summed E-state index contributed by atoms with van der Waals surface area (Å²) in [6, 6.07) is 16.2. The Kier molecular flexibility index (Phi) is 4.65. The molecule has 2 aromatic heterocycles. The van der Waals surface area contributed by atoms with E-state index in [9.17, 15) is 0 Å². The fourth-order valence-electron chi connectivity index (χ4n) is 2.23. The molecule has 0 spiro atoms. The van der Waals surface area contributed by atoms with E-state index in [1.165, 1.54) is 11.1 Å². The lowest BCUT2D eigenvalue weighted by molar-refractivity contribution is 0.598. The zero-order valence-corrected chi connectivity index (χ0v) is 12.9. The van der Waals surface area contributed by atoms with Crippen molar-refractivity contribution < 1.29 is 0 Å². The summed E-state index contributed by atoms with van der Waals surface area (Å²) >= 11 is 7.69. The minimum Gasteiger partial charge on any atom is -0.301 e. The Morgan fingerprint density at radius 3 is 2.57 bits per heavy atom. The molecule has 1 aromatic carbocycles. The van der Waals surface area contributed by atoms with Crippen LogP contribution in [0.15, 0.2) is 65.5 Å². The standard InChI is InChI=1S/C17H15ClN2S/c18-15-6-4-13(5-7-15)17(14-8-10-21-12-14)20-11-16-3-1-2-9-19-16/h1-10,12,17,20H,11H2/t17-/m0/s1. The fourth-order valence-corrected chi connectivity index (χ4v) is 3.04. The summed E-state index contributed by atoms with van der Waals surface area (Å²) in [7, 11) is 0. The van der Waals surface area contributed by atoms with Gasteiger partial charge in [0.15, 0.2) is 0 Å². The van der Waals surface area contributed by atoms with Gasteiger partial charge in [0.05, 0.1) is 11.7 Å². The van der Waals surface area contributed by atoms with Crippen LogP contribution in [-0.2, 0) is 6.54 Å². The second-order valence-electron chi connectivity index (χ2n) is 4.74. The molecule has 1 atom stereocenters. The normalized spacial score (nSPS) is 12.2. The average Bonchev–Trinajstić information content (AvgIpc) is 3.04. The Morgan fingerprint density at radius 2 is 1.90 bits per heavy atom. The van der Waals surface area contributed by atoms with E-state index in [2.05, 4.69) is 39.3 Å². The first kappa shape index (κ1) is 14.3. The van der Waals surface area contributed by atoms with E-state index in [0.717, 1.165) is 17.3 Å². The molecule has 0 saturated carbocycles. The van der Waals surface area contributed by atoms with Gasteiger partial charge in [-0.05, 0) is 52.2 Å². The number of hydrogen-bond acceptors (Lipinski definition) is 3. The van der Waals surface area contributed by atoms with Gasteiger partial charge in [0.1, 0.15) is 0 Å². The fraction of sp³-hybridized carbons (Fsp3) is 0.118. The van der Waals surface area contributed by atoms with Crippen LogP contribution in [0.5, 0.6) is 0 Å². The number of halogens is 1. The Labute approximate surface area is 133 Å². The van der Waals surface area contributed by atoms with Gasteiger partial charge in [-0.3, -0.25) is 4.98 Å². The van der Waals surface area contributed by atoms with E-state index in [1.54, 1.807) is 11.3 Å². The predicted molar refractivity (Wildman–Crippen MR) is 88.7 cm³/mol. The summed E-state index contributed by atoms with van der Waals surface area (Å²) in [5, 5.41) is 8.60. The van der Waals surface area contributed by atoms with Gasteiger partial charge in [-0.15, -0.1) is 0 Å². The zero-order chi connectivity index (χ0) is 14.5. The number of aromatic nitrogens is 1. The molecule has 0 fully saturated rings. The van der Waals surface area contributed by atoms with Crippen molar-refractivity contribution in [2.45, 2.75) is 12.6 Å². The van der Waals surface area contributed by atoms with Gasteiger partial charge < -0.3 is 5.32 Å². The van der Waals surface area contributed by atoms with Crippen molar-refractivity contribution in [3.05, 3.63) is 87.3 Å². The lowest BCUT2D eigenvalue weighted by atomic mass is 10.0. The molecule has 2 nitrogen and oxygen atoms in total. The first-order valence-corrected chi connectivity index (χ1v) is 8.06. The van der Waals surface area contributed by atoms with Crippen LogP contribution in [0.1, 0.15) is 22.9 Å². The number of thiophene rings is 1. The number of rotatable bonds is 5. The lowest BCUT2D eigenvalue weighted by Crippen LogP contribution is -2.22. The summed E-state index contributed by atoms with van der Waals surface area (Å²) in [5.41, 5.74) is 3.50. The molecular weight excluding hydrogens is 300 g/mol. The molecule has 0 saturated heterocycles. The Balaban J connectivity index is 1.81. The summed E-state index contributed by atoms with van der Waals surface area (Å²) < 4.78 is 0. The first-order valence-electron chi connectivity index (χ1n) is 6.74. The molecule has 0 radical (unpaired) electrons. The second-order valence-corrected chi connectivity index (χ2v) is 5.96. The number of nitrogens with one attached hydrogen (secondary N) is 1. The van der Waals surface area contributed by atoms with Crippen molar-refractivity contribution >= 4 is 22.9 Å². The van der Waals surface area contributed by atoms with Crippen LogP contribution in [0.4, 0.5) is 0 Å². The van der Waals surface area contributed by atoms with Gasteiger partial charge in [0.25, 0.3) is 0 Å². The van der Waals surface area contributed by atoms with Crippen LogP contribution >= 0.6 is 22.9 Å². The number of nitrogens with zero attached hydrogens (tertiary/aromatic N) is 1. The third-order valence-electron chi connectivity index (χ3n) is 3.29. The molecule has 3 aromatic rings. The highest BCUT2D eigenvalue weighted by Gasteiger charge is 2.14. The maximum atomic E-state index is 5.99. The monoisotopic (exact) mass is 314 g/mol. The molecule has 0 amide bonds. The Bertz CT molecular complexity index is 666. The highest BCUT2D eigenvalue weighted by molar-refractivity contribution is 7.08. The van der Waals surface area contributed by atoms with Crippen LogP contribution in [0, 0.1) is 0 Å². The predicted octanol–water partition coefficient (Wildman–Crippen LogP) is 4.68. The van der Waals surface area contributed by atoms with Crippen LogP contribution in [0.25, 0.3) is 0 Å². The molecule has 0 aliphatic heterocycles. The number of benzene rings is 1. The molecule has 0 aliphatic carbocycles. The zero-order valence-electron chi connectivity index (χ0n) is 11.4. The van der Waals surface area contributed by atoms with Gasteiger partial charge in [0, 0.05) is 17.8 Å². The topological polar surface area (TPSA) is 24.9 Å². The van der Waals surface area contributed by atoms with Crippen molar-refractivity contribution in [1.82, 2.24) is 10.3 Å². The van der Waals surface area contributed by atoms with E-state index in [4.69, 9.17) is 11.6 Å². The Morgan fingerprint density at radius 1 is 1.05 bits per heavy atom. The van der Waals surface area contributed by atoms with Gasteiger partial charge in [0.2, 0.25) is 0 Å². The average molecular weight is 315 g/mol. The molecule has 1 N–H and O–H groups in total. The minimum atomic E-state index is 0.149. The maximum Gasteiger partial charge on any atom is 0.0588 e. The SMILES string of the molecule is Clc1ccc([C@H](NCc2ccccn2)c2ccsc2)cc1. The molecular formula is C17H15ClN2S. The molecule has 0 bridgehead atoms. The lowest BCUT2D eigenvalue weighted by Gasteiger charge is -2.18. The van der Waals surface area contributed by atoms with Crippen molar-refractivity contribution in [2.75, 3.05) is 0 Å². The van der Waals surface area contributed by atoms with Gasteiger partial charge in [-0.1, -0.05) is 29.8 Å². The largest absolute Gasteiger partial charge is 0.301 e. The molecule has 21 heavy (non-hydrogen) atoms. The van der Waals surface area contributed by atoms with Crippen molar-refractivity contribution in [3.63, 3.8) is 0 Å². The molecule has 106 valence electrons. The Hall–Kier alpha value is -1.68. The highest BCUT2D eigenvalue weighted by atomic mass is 35.5. The van der Waals surface area contributed by atoms with Crippen LogP contribution in [-0.4, -0.2) is 4.98 Å². The summed E-state index contributed by atoms with van der Waals surface area (Å²) in [6.45, 7) is 0.726. The summed E-state index contributed by atoms with van der Waals surface area (Å²) in [6.07, 6.45) is 1.82. The van der Waals surface area contributed by atoms with Crippen LogP contribution < -0.4 is 5.32 Å². The van der Waals surface area contributed by atoms with Crippen molar-refractivity contribution in [3.8, 4) is 0 Å². The van der Waals surface area contributed by atoms with Gasteiger partial charge in [-0.2, -0.15) is 11.3 Å². The quantitative estimate of drug-likeness (QED) is 0.740. The molecule has 3 rings (SSSR count). The highest BCUT2D eigenvalue weighted by Crippen LogP contribution is 2.25.